The summed E-state index contributed by atoms with van der Waals surface area (Å²) in [5, 5.41) is 13.3. The van der Waals surface area contributed by atoms with Gasteiger partial charge in [0.2, 0.25) is 0 Å². The topological polar surface area (TPSA) is 58.9 Å². The molecule has 0 heterocycles. The van der Waals surface area contributed by atoms with Crippen molar-refractivity contribution in [2.75, 3.05) is 0 Å². The van der Waals surface area contributed by atoms with Crippen molar-refractivity contribution in [2.45, 2.75) is 51.0 Å². The van der Waals surface area contributed by atoms with Gasteiger partial charge >= 0.3 is 5.97 Å². The fourth-order valence-corrected chi connectivity index (χ4v) is 5.52. The van der Waals surface area contributed by atoms with Crippen LogP contribution in [0.15, 0.2) is 78.0 Å². The highest BCUT2D eigenvalue weighted by Gasteiger charge is 2.46. The molecule has 0 aromatic heterocycles. The molecular weight excluding hydrogens is 398 g/mol. The number of oxime groups is 1. The summed E-state index contributed by atoms with van der Waals surface area (Å²) >= 11 is 0. The van der Waals surface area contributed by atoms with Gasteiger partial charge < -0.3 is 9.94 Å². The number of unbranched alkanes of at least 4 members (excludes halogenated alkanes) is 1. The highest BCUT2D eigenvalue weighted by atomic mass is 16.6. The van der Waals surface area contributed by atoms with Crippen molar-refractivity contribution in [3.05, 3.63) is 83.9 Å². The van der Waals surface area contributed by atoms with E-state index < -0.39 is 5.97 Å². The third kappa shape index (κ3) is 5.67. The van der Waals surface area contributed by atoms with Crippen LogP contribution in [0.2, 0.25) is 0 Å². The maximum Gasteiger partial charge on any atom is 0.303 e. The molecule has 0 radical (unpaired) electrons. The van der Waals surface area contributed by atoms with Gasteiger partial charge in [0.25, 0.3) is 0 Å². The van der Waals surface area contributed by atoms with Gasteiger partial charge in [0.05, 0.1) is 0 Å². The van der Waals surface area contributed by atoms with E-state index in [1.165, 1.54) is 19.3 Å². The molecule has 4 atom stereocenters. The summed E-state index contributed by atoms with van der Waals surface area (Å²) in [4.78, 5) is 16.8. The highest BCUT2D eigenvalue weighted by Crippen LogP contribution is 2.53. The van der Waals surface area contributed by atoms with E-state index in [0.717, 1.165) is 29.9 Å². The largest absolute Gasteiger partial charge is 0.481 e. The van der Waals surface area contributed by atoms with Crippen LogP contribution in [0.4, 0.5) is 0 Å². The van der Waals surface area contributed by atoms with Crippen molar-refractivity contribution >= 4 is 12.2 Å². The molecule has 2 saturated carbocycles. The standard InChI is InChI=1S/C28H33NO3/c30-27(31)16-10-2-1-9-15-25-23-17-18-24(19-23)26(25)20-29-32-28(21-11-5-3-6-12-21)22-13-7-4-8-14-22/h1,3-9,11-14,20,23-26,28H,2,10,15-19H2,(H,30,31)/b9-1-,29-20+/t23?,24?,25-,26-/m0/s1. The SMILES string of the molecule is O=C(O)CCC/C=C\C[C@H]1C2CCC(C2)[C@@H]1/C=N/OC(c1ccccc1)c1ccccc1. The number of aliphatic carboxylic acids is 1. The number of carbonyl (C=O) groups is 1. The van der Waals surface area contributed by atoms with E-state index in [1.807, 2.05) is 36.4 Å². The first-order valence-electron chi connectivity index (χ1n) is 11.9. The van der Waals surface area contributed by atoms with E-state index in [9.17, 15) is 4.79 Å². The molecule has 2 fully saturated rings. The van der Waals surface area contributed by atoms with Gasteiger partial charge in [-0.1, -0.05) is 78.0 Å². The Bertz CT molecular complexity index is 869. The van der Waals surface area contributed by atoms with Gasteiger partial charge in [0.15, 0.2) is 6.10 Å². The van der Waals surface area contributed by atoms with E-state index in [2.05, 4.69) is 47.8 Å². The van der Waals surface area contributed by atoms with E-state index in [1.54, 1.807) is 0 Å². The van der Waals surface area contributed by atoms with Gasteiger partial charge in [-0.05, 0) is 67.4 Å². The first kappa shape index (κ1) is 22.3. The van der Waals surface area contributed by atoms with Crippen molar-refractivity contribution in [3.63, 3.8) is 0 Å². The molecule has 4 nitrogen and oxygen atoms in total. The van der Waals surface area contributed by atoms with Crippen molar-refractivity contribution < 1.29 is 14.7 Å². The minimum absolute atomic E-state index is 0.208. The molecule has 2 unspecified atom stereocenters. The molecule has 0 saturated heterocycles. The van der Waals surface area contributed by atoms with Crippen LogP contribution in [-0.2, 0) is 9.63 Å². The van der Waals surface area contributed by atoms with Crippen LogP contribution in [-0.4, -0.2) is 17.3 Å². The second-order valence-corrected chi connectivity index (χ2v) is 9.13. The third-order valence-corrected chi connectivity index (χ3v) is 7.10. The molecular formula is C28H33NO3. The second-order valence-electron chi connectivity index (χ2n) is 9.13. The number of fused-ring (bicyclic) bond motifs is 2. The van der Waals surface area contributed by atoms with Crippen molar-refractivity contribution in [3.8, 4) is 0 Å². The zero-order chi connectivity index (χ0) is 22.2. The fraction of sp³-hybridized carbons (Fsp3) is 0.429. The molecule has 2 aromatic carbocycles. The van der Waals surface area contributed by atoms with E-state index in [0.29, 0.717) is 24.2 Å². The van der Waals surface area contributed by atoms with E-state index >= 15 is 0 Å². The number of benzene rings is 2. The van der Waals surface area contributed by atoms with Crippen LogP contribution >= 0.6 is 0 Å². The molecule has 0 amide bonds. The molecule has 2 aromatic rings. The number of nitrogens with zero attached hydrogens (tertiary/aromatic N) is 1. The molecule has 2 aliphatic carbocycles. The number of carboxylic acids is 1. The lowest BCUT2D eigenvalue weighted by Crippen LogP contribution is -2.23. The van der Waals surface area contributed by atoms with E-state index in [4.69, 9.17) is 9.94 Å². The highest BCUT2D eigenvalue weighted by molar-refractivity contribution is 5.66. The Kier molecular flexibility index (Phi) is 7.76. The Morgan fingerprint density at radius 2 is 1.66 bits per heavy atom. The lowest BCUT2D eigenvalue weighted by Gasteiger charge is -2.27. The lowest BCUT2D eigenvalue weighted by atomic mass is 9.78. The molecule has 2 bridgehead atoms. The Hall–Kier alpha value is -2.88. The molecule has 168 valence electrons. The van der Waals surface area contributed by atoms with Crippen LogP contribution < -0.4 is 0 Å². The predicted octanol–water partition coefficient (Wildman–Crippen LogP) is 6.64. The third-order valence-electron chi connectivity index (χ3n) is 7.10. The van der Waals surface area contributed by atoms with Crippen LogP contribution in [0, 0.1) is 23.7 Å². The minimum Gasteiger partial charge on any atom is -0.481 e. The molecule has 32 heavy (non-hydrogen) atoms. The monoisotopic (exact) mass is 431 g/mol. The van der Waals surface area contributed by atoms with Crippen LogP contribution in [0.25, 0.3) is 0 Å². The summed E-state index contributed by atoms with van der Waals surface area (Å²) in [6, 6.07) is 20.5. The summed E-state index contributed by atoms with van der Waals surface area (Å²) in [7, 11) is 0. The average molecular weight is 432 g/mol. The van der Waals surface area contributed by atoms with Crippen LogP contribution in [0.3, 0.4) is 0 Å². The van der Waals surface area contributed by atoms with Crippen LogP contribution in [0.1, 0.15) is 62.2 Å². The smallest absolute Gasteiger partial charge is 0.303 e. The maximum atomic E-state index is 10.6. The van der Waals surface area contributed by atoms with Gasteiger partial charge in [-0.3, -0.25) is 4.79 Å². The molecule has 2 aliphatic rings. The summed E-state index contributed by atoms with van der Waals surface area (Å²) in [5.41, 5.74) is 2.20. The fourth-order valence-electron chi connectivity index (χ4n) is 5.52. The molecule has 0 spiro atoms. The van der Waals surface area contributed by atoms with Crippen molar-refractivity contribution in [2.24, 2.45) is 28.8 Å². The first-order chi connectivity index (χ1) is 15.7. The lowest BCUT2D eigenvalue weighted by molar-refractivity contribution is -0.137. The minimum atomic E-state index is -0.716. The maximum absolute atomic E-state index is 10.6. The average Bonchev–Trinajstić information content (AvgIpc) is 3.42. The van der Waals surface area contributed by atoms with E-state index in [-0.39, 0.29) is 12.5 Å². The summed E-state index contributed by atoms with van der Waals surface area (Å²) < 4.78 is 0. The van der Waals surface area contributed by atoms with Crippen molar-refractivity contribution in [1.82, 2.24) is 0 Å². The number of carboxylic acid groups (broad SMARTS) is 1. The van der Waals surface area contributed by atoms with Gasteiger partial charge in [0, 0.05) is 18.6 Å². The van der Waals surface area contributed by atoms with Crippen molar-refractivity contribution in [1.29, 1.82) is 0 Å². The van der Waals surface area contributed by atoms with Crippen LogP contribution in [0.5, 0.6) is 0 Å². The van der Waals surface area contributed by atoms with Gasteiger partial charge in [-0.25, -0.2) is 0 Å². The molecule has 0 aliphatic heterocycles. The summed E-state index contributed by atoms with van der Waals surface area (Å²) in [6.45, 7) is 0. The summed E-state index contributed by atoms with van der Waals surface area (Å²) in [5.74, 6) is 1.85. The zero-order valence-corrected chi connectivity index (χ0v) is 18.6. The Labute approximate surface area is 191 Å². The quantitative estimate of drug-likeness (QED) is 0.188. The Balaban J connectivity index is 1.39. The normalized spacial score (nSPS) is 24.7. The predicted molar refractivity (Wildman–Crippen MR) is 127 cm³/mol. The zero-order valence-electron chi connectivity index (χ0n) is 18.6. The Morgan fingerprint density at radius 3 is 2.31 bits per heavy atom. The second kappa shape index (κ2) is 11.1. The number of allylic oxidation sites excluding steroid dienone is 2. The number of hydrogen-bond donors (Lipinski definition) is 1. The Morgan fingerprint density at radius 1 is 1.00 bits per heavy atom. The molecule has 4 rings (SSSR count). The number of rotatable bonds is 11. The first-order valence-corrected chi connectivity index (χ1v) is 11.9. The van der Waals surface area contributed by atoms with Gasteiger partial charge in [-0.2, -0.15) is 0 Å². The van der Waals surface area contributed by atoms with Gasteiger partial charge in [0.1, 0.15) is 0 Å². The summed E-state index contributed by atoms with van der Waals surface area (Å²) in [6.07, 6.45) is 13.0. The van der Waals surface area contributed by atoms with Gasteiger partial charge in [-0.15, -0.1) is 0 Å². The molecule has 1 N–H and O–H groups in total. The molecule has 4 heteroatoms. The number of hydrogen-bond acceptors (Lipinski definition) is 3.